The molecule has 5 heteroatoms. The molecule has 0 saturated carbocycles. The molecule has 2 N–H and O–H groups in total. The van der Waals surface area contributed by atoms with E-state index in [1.807, 2.05) is 29.6 Å². The molecule has 21 heavy (non-hydrogen) atoms. The van der Waals surface area contributed by atoms with E-state index in [0.717, 1.165) is 10.6 Å². The third kappa shape index (κ3) is 2.60. The molecule has 3 nitrogen and oxygen atoms in total. The first-order valence-electron chi connectivity index (χ1n) is 6.33. The number of aromatic nitrogens is 1. The van der Waals surface area contributed by atoms with E-state index in [1.165, 1.54) is 24.5 Å². The number of hydrogen-bond donors (Lipinski definition) is 1. The molecule has 1 aromatic heterocycles. The van der Waals surface area contributed by atoms with Gasteiger partial charge in [0.2, 0.25) is 0 Å². The van der Waals surface area contributed by atoms with Crippen molar-refractivity contribution in [2.45, 2.75) is 0 Å². The number of nitrogens with zero attached hydrogens (tertiary/aromatic N) is 1. The molecule has 0 saturated heterocycles. The van der Waals surface area contributed by atoms with Crippen LogP contribution in [0.5, 0.6) is 5.75 Å². The fourth-order valence-electron chi connectivity index (χ4n) is 2.12. The molecule has 0 aliphatic carbocycles. The highest BCUT2D eigenvalue weighted by Crippen LogP contribution is 2.35. The van der Waals surface area contributed by atoms with E-state index in [1.54, 1.807) is 12.1 Å². The predicted octanol–water partition coefficient (Wildman–Crippen LogP) is 4.21. The number of ether oxygens (including phenoxy) is 1. The minimum absolute atomic E-state index is 0.348. The fraction of sp³-hybridized carbons (Fsp3) is 0.0625. The Bertz CT molecular complexity index is 785. The molecule has 0 aliphatic heterocycles. The number of methoxy groups -OCH3 is 1. The van der Waals surface area contributed by atoms with Crippen LogP contribution in [-0.2, 0) is 0 Å². The topological polar surface area (TPSA) is 48.1 Å². The molecule has 3 aromatic rings. The number of hydrogen-bond acceptors (Lipinski definition) is 4. The molecule has 0 fully saturated rings. The van der Waals surface area contributed by atoms with Gasteiger partial charge >= 0.3 is 0 Å². The number of rotatable bonds is 3. The Morgan fingerprint density at radius 2 is 2.00 bits per heavy atom. The standard InChI is InChI=1S/C16H13FN2OS/c1-20-14-7-3-6-12(17)15(14)13-9-21-16(19-13)10-4-2-5-11(18)8-10/h2-9H,18H2,1H3. The van der Waals surface area contributed by atoms with Crippen LogP contribution in [0, 0.1) is 5.82 Å². The fourth-order valence-corrected chi connectivity index (χ4v) is 2.92. The largest absolute Gasteiger partial charge is 0.496 e. The van der Waals surface area contributed by atoms with Gasteiger partial charge in [-0.05, 0) is 24.3 Å². The molecule has 0 amide bonds. The maximum absolute atomic E-state index is 14.1. The van der Waals surface area contributed by atoms with Gasteiger partial charge < -0.3 is 10.5 Å². The van der Waals surface area contributed by atoms with Crippen molar-refractivity contribution in [3.05, 3.63) is 53.7 Å². The summed E-state index contributed by atoms with van der Waals surface area (Å²) >= 11 is 1.45. The lowest BCUT2D eigenvalue weighted by atomic mass is 10.1. The second-order valence-corrected chi connectivity index (χ2v) is 5.34. The maximum atomic E-state index is 14.1. The third-order valence-electron chi connectivity index (χ3n) is 3.09. The summed E-state index contributed by atoms with van der Waals surface area (Å²) in [5.74, 6) is 0.123. The average molecular weight is 300 g/mol. The normalized spacial score (nSPS) is 10.6. The lowest BCUT2D eigenvalue weighted by Gasteiger charge is -2.06. The first-order valence-corrected chi connectivity index (χ1v) is 7.21. The van der Waals surface area contributed by atoms with Crippen LogP contribution in [0.15, 0.2) is 47.8 Å². The van der Waals surface area contributed by atoms with Crippen molar-refractivity contribution in [2.75, 3.05) is 12.8 Å². The minimum Gasteiger partial charge on any atom is -0.496 e. The lowest BCUT2D eigenvalue weighted by Crippen LogP contribution is -1.92. The van der Waals surface area contributed by atoms with E-state index in [9.17, 15) is 4.39 Å². The third-order valence-corrected chi connectivity index (χ3v) is 3.98. The zero-order chi connectivity index (χ0) is 14.8. The molecule has 0 bridgehead atoms. The maximum Gasteiger partial charge on any atom is 0.136 e. The predicted molar refractivity (Wildman–Crippen MR) is 83.9 cm³/mol. The van der Waals surface area contributed by atoms with Crippen molar-refractivity contribution in [2.24, 2.45) is 0 Å². The van der Waals surface area contributed by atoms with Gasteiger partial charge in [0.25, 0.3) is 0 Å². The molecule has 106 valence electrons. The number of thiazole rings is 1. The summed E-state index contributed by atoms with van der Waals surface area (Å²) in [6, 6.07) is 12.2. The second kappa shape index (κ2) is 5.54. The minimum atomic E-state index is -0.348. The molecular formula is C16H13FN2OS. The van der Waals surface area contributed by atoms with Gasteiger partial charge in [0.1, 0.15) is 16.6 Å². The Morgan fingerprint density at radius 3 is 2.76 bits per heavy atom. The molecule has 0 unspecified atom stereocenters. The number of benzene rings is 2. The van der Waals surface area contributed by atoms with Crippen molar-refractivity contribution in [3.8, 4) is 27.6 Å². The van der Waals surface area contributed by atoms with Crippen LogP contribution >= 0.6 is 11.3 Å². The zero-order valence-corrected chi connectivity index (χ0v) is 12.2. The molecule has 1 heterocycles. The van der Waals surface area contributed by atoms with E-state index in [2.05, 4.69) is 4.98 Å². The van der Waals surface area contributed by atoms with Gasteiger partial charge in [-0.15, -0.1) is 11.3 Å². The van der Waals surface area contributed by atoms with Crippen molar-refractivity contribution in [1.82, 2.24) is 4.98 Å². The van der Waals surface area contributed by atoms with Crippen LogP contribution in [0.2, 0.25) is 0 Å². The smallest absolute Gasteiger partial charge is 0.136 e. The van der Waals surface area contributed by atoms with E-state index in [0.29, 0.717) is 22.7 Å². The Morgan fingerprint density at radius 1 is 1.19 bits per heavy atom. The van der Waals surface area contributed by atoms with Gasteiger partial charge in [0, 0.05) is 16.6 Å². The van der Waals surface area contributed by atoms with Crippen LogP contribution in [0.25, 0.3) is 21.8 Å². The summed E-state index contributed by atoms with van der Waals surface area (Å²) in [5.41, 5.74) is 8.32. The van der Waals surface area contributed by atoms with Crippen LogP contribution in [0.4, 0.5) is 10.1 Å². The number of halogens is 1. The molecular weight excluding hydrogens is 287 g/mol. The van der Waals surface area contributed by atoms with Gasteiger partial charge in [0.05, 0.1) is 18.4 Å². The van der Waals surface area contributed by atoms with Crippen LogP contribution < -0.4 is 10.5 Å². The molecule has 0 spiro atoms. The lowest BCUT2D eigenvalue weighted by molar-refractivity contribution is 0.413. The molecule has 2 aromatic carbocycles. The summed E-state index contributed by atoms with van der Waals surface area (Å²) in [6.45, 7) is 0. The molecule has 0 aliphatic rings. The SMILES string of the molecule is COc1cccc(F)c1-c1csc(-c2cccc(N)c2)n1. The van der Waals surface area contributed by atoms with Crippen LogP contribution in [0.3, 0.4) is 0 Å². The van der Waals surface area contributed by atoms with Crippen LogP contribution in [0.1, 0.15) is 0 Å². The zero-order valence-electron chi connectivity index (χ0n) is 11.3. The quantitative estimate of drug-likeness (QED) is 0.737. The molecule has 0 atom stereocenters. The summed E-state index contributed by atoms with van der Waals surface area (Å²) in [5, 5.41) is 2.61. The van der Waals surface area contributed by atoms with Crippen molar-refractivity contribution in [3.63, 3.8) is 0 Å². The Balaban J connectivity index is 2.07. The van der Waals surface area contributed by atoms with E-state index in [4.69, 9.17) is 10.5 Å². The van der Waals surface area contributed by atoms with Gasteiger partial charge in [-0.3, -0.25) is 0 Å². The number of nitrogens with two attached hydrogens (primary N) is 1. The number of nitrogen functional groups attached to an aromatic ring is 1. The van der Waals surface area contributed by atoms with E-state index >= 15 is 0 Å². The van der Waals surface area contributed by atoms with Gasteiger partial charge in [-0.1, -0.05) is 18.2 Å². The van der Waals surface area contributed by atoms with E-state index in [-0.39, 0.29) is 5.82 Å². The summed E-state index contributed by atoms with van der Waals surface area (Å²) < 4.78 is 19.3. The monoisotopic (exact) mass is 300 g/mol. The number of anilines is 1. The molecule has 3 rings (SSSR count). The second-order valence-electron chi connectivity index (χ2n) is 4.48. The highest BCUT2D eigenvalue weighted by atomic mass is 32.1. The van der Waals surface area contributed by atoms with Gasteiger partial charge in [0.15, 0.2) is 0 Å². The Labute approximate surface area is 125 Å². The Kier molecular flexibility index (Phi) is 3.58. The highest BCUT2D eigenvalue weighted by molar-refractivity contribution is 7.13. The van der Waals surface area contributed by atoms with Gasteiger partial charge in [-0.2, -0.15) is 0 Å². The summed E-state index contributed by atoms with van der Waals surface area (Å²) in [4.78, 5) is 4.50. The summed E-state index contributed by atoms with van der Waals surface area (Å²) in [6.07, 6.45) is 0. The highest BCUT2D eigenvalue weighted by Gasteiger charge is 2.15. The van der Waals surface area contributed by atoms with Crippen molar-refractivity contribution >= 4 is 17.0 Å². The summed E-state index contributed by atoms with van der Waals surface area (Å²) in [7, 11) is 1.52. The Hall–Kier alpha value is -2.40. The van der Waals surface area contributed by atoms with Crippen molar-refractivity contribution < 1.29 is 9.13 Å². The van der Waals surface area contributed by atoms with Crippen LogP contribution in [-0.4, -0.2) is 12.1 Å². The average Bonchev–Trinajstić information content (AvgIpc) is 2.96. The van der Waals surface area contributed by atoms with Gasteiger partial charge in [-0.25, -0.2) is 9.37 Å². The van der Waals surface area contributed by atoms with Crippen molar-refractivity contribution in [1.29, 1.82) is 0 Å². The first kappa shape index (κ1) is 13.6. The molecule has 0 radical (unpaired) electrons. The first-order chi connectivity index (χ1) is 10.2. The van der Waals surface area contributed by atoms with E-state index < -0.39 is 0 Å².